The Hall–Kier alpha value is -2.10. The van der Waals surface area contributed by atoms with Crippen LogP contribution in [-0.4, -0.2) is 55.1 Å². The van der Waals surface area contributed by atoms with Gasteiger partial charge in [0, 0.05) is 51.2 Å². The zero-order valence-electron chi connectivity index (χ0n) is 17.9. The lowest BCUT2D eigenvalue weighted by molar-refractivity contribution is 0.380. The summed E-state index contributed by atoms with van der Waals surface area (Å²) in [6.45, 7) is 6.03. The van der Waals surface area contributed by atoms with Gasteiger partial charge in [0.1, 0.15) is 11.6 Å². The summed E-state index contributed by atoms with van der Waals surface area (Å²) >= 11 is 0. The molecule has 4 rings (SSSR count). The van der Waals surface area contributed by atoms with Crippen LogP contribution in [0.1, 0.15) is 31.2 Å². The number of aromatic nitrogens is 1. The summed E-state index contributed by atoms with van der Waals surface area (Å²) in [6.07, 6.45) is 7.06. The van der Waals surface area contributed by atoms with E-state index in [1.807, 2.05) is 18.3 Å². The molecule has 0 radical (unpaired) electrons. The lowest BCUT2D eigenvalue weighted by Crippen LogP contribution is -2.51. The standard InChI is InChI=1S/C23H31FN6.HI/c24-20-6-8-21(9-7-20)28-13-15-30(16-14-28)23(25)27-18-19-5-10-22(26-17-19)29-11-3-1-2-4-12-29;/h5-10,17H,1-4,11-16,18H2,(H2,25,27);1H. The van der Waals surface area contributed by atoms with Crippen molar-refractivity contribution in [2.45, 2.75) is 32.2 Å². The fourth-order valence-electron chi connectivity index (χ4n) is 4.12. The quantitative estimate of drug-likeness (QED) is 0.364. The van der Waals surface area contributed by atoms with E-state index in [0.717, 1.165) is 56.3 Å². The van der Waals surface area contributed by atoms with E-state index in [4.69, 9.17) is 5.73 Å². The van der Waals surface area contributed by atoms with Gasteiger partial charge in [-0.25, -0.2) is 14.4 Å². The van der Waals surface area contributed by atoms with Gasteiger partial charge in [-0.05, 0) is 48.7 Å². The molecule has 0 saturated carbocycles. The van der Waals surface area contributed by atoms with Gasteiger partial charge in [0.05, 0.1) is 6.54 Å². The molecule has 168 valence electrons. The molecule has 31 heavy (non-hydrogen) atoms. The molecule has 0 unspecified atom stereocenters. The molecule has 1 aromatic heterocycles. The Bertz CT molecular complexity index is 826. The smallest absolute Gasteiger partial charge is 0.191 e. The van der Waals surface area contributed by atoms with Crippen molar-refractivity contribution in [2.75, 3.05) is 49.1 Å². The van der Waals surface area contributed by atoms with Crippen LogP contribution < -0.4 is 15.5 Å². The average Bonchev–Trinajstić information content (AvgIpc) is 3.08. The van der Waals surface area contributed by atoms with Crippen molar-refractivity contribution in [3.8, 4) is 0 Å². The molecule has 2 N–H and O–H groups in total. The molecule has 0 atom stereocenters. The van der Waals surface area contributed by atoms with Gasteiger partial charge in [0.15, 0.2) is 5.96 Å². The third-order valence-corrected chi connectivity index (χ3v) is 5.96. The van der Waals surface area contributed by atoms with Gasteiger partial charge in [0.25, 0.3) is 0 Å². The molecule has 0 amide bonds. The van der Waals surface area contributed by atoms with Crippen molar-refractivity contribution in [2.24, 2.45) is 10.7 Å². The lowest BCUT2D eigenvalue weighted by Gasteiger charge is -2.36. The number of guanidine groups is 1. The Morgan fingerprint density at radius 2 is 1.55 bits per heavy atom. The molecule has 1 aromatic carbocycles. The predicted molar refractivity (Wildman–Crippen MR) is 136 cm³/mol. The van der Waals surface area contributed by atoms with Gasteiger partial charge >= 0.3 is 0 Å². The molecule has 2 fully saturated rings. The second-order valence-corrected chi connectivity index (χ2v) is 8.05. The minimum atomic E-state index is -0.206. The van der Waals surface area contributed by atoms with Crippen molar-refractivity contribution in [1.29, 1.82) is 0 Å². The molecule has 0 bridgehead atoms. The van der Waals surface area contributed by atoms with Gasteiger partial charge in [-0.15, -0.1) is 24.0 Å². The molecule has 2 aliphatic heterocycles. The van der Waals surface area contributed by atoms with E-state index in [1.165, 1.54) is 37.8 Å². The first-order chi connectivity index (χ1) is 14.7. The van der Waals surface area contributed by atoms with Crippen LogP contribution in [0.5, 0.6) is 0 Å². The summed E-state index contributed by atoms with van der Waals surface area (Å²) in [5.41, 5.74) is 8.36. The lowest BCUT2D eigenvalue weighted by atomic mass is 10.2. The number of rotatable bonds is 4. The summed E-state index contributed by atoms with van der Waals surface area (Å²) in [4.78, 5) is 16.0. The highest BCUT2D eigenvalue weighted by molar-refractivity contribution is 14.0. The summed E-state index contributed by atoms with van der Waals surface area (Å²) < 4.78 is 13.1. The molecule has 2 aromatic rings. The highest BCUT2D eigenvalue weighted by Crippen LogP contribution is 2.18. The Morgan fingerprint density at radius 1 is 0.871 bits per heavy atom. The molecule has 8 heteroatoms. The van der Waals surface area contributed by atoms with E-state index in [1.54, 1.807) is 0 Å². The SMILES string of the molecule is I.NC(=NCc1ccc(N2CCCCCC2)nc1)N1CCN(c2ccc(F)cc2)CC1. The number of halogens is 2. The number of hydrogen-bond donors (Lipinski definition) is 1. The van der Waals surface area contributed by atoms with Crippen molar-refractivity contribution in [1.82, 2.24) is 9.88 Å². The molecular weight excluding hydrogens is 506 g/mol. The van der Waals surface area contributed by atoms with Crippen LogP contribution in [0.3, 0.4) is 0 Å². The van der Waals surface area contributed by atoms with Crippen LogP contribution >= 0.6 is 24.0 Å². The van der Waals surface area contributed by atoms with Gasteiger partial charge in [-0.3, -0.25) is 0 Å². The van der Waals surface area contributed by atoms with Crippen LogP contribution in [0.25, 0.3) is 0 Å². The number of hydrogen-bond acceptors (Lipinski definition) is 4. The number of aliphatic imine (C=N–C) groups is 1. The van der Waals surface area contributed by atoms with Crippen LogP contribution in [0.2, 0.25) is 0 Å². The molecule has 0 aliphatic carbocycles. The largest absolute Gasteiger partial charge is 0.370 e. The van der Waals surface area contributed by atoms with Gasteiger partial charge < -0.3 is 20.4 Å². The van der Waals surface area contributed by atoms with Crippen LogP contribution in [0, 0.1) is 5.82 Å². The second-order valence-electron chi connectivity index (χ2n) is 8.05. The predicted octanol–water partition coefficient (Wildman–Crippen LogP) is 3.86. The zero-order valence-corrected chi connectivity index (χ0v) is 20.2. The summed E-state index contributed by atoms with van der Waals surface area (Å²) in [6, 6.07) is 10.9. The first-order valence-electron chi connectivity index (χ1n) is 10.9. The molecule has 3 heterocycles. The van der Waals surface area contributed by atoms with E-state index >= 15 is 0 Å². The Labute approximate surface area is 201 Å². The van der Waals surface area contributed by atoms with Gasteiger partial charge in [-0.2, -0.15) is 0 Å². The van der Waals surface area contributed by atoms with E-state index in [0.29, 0.717) is 12.5 Å². The Morgan fingerprint density at radius 3 is 2.16 bits per heavy atom. The summed E-state index contributed by atoms with van der Waals surface area (Å²) in [5.74, 6) is 1.43. The maximum absolute atomic E-state index is 13.1. The third-order valence-electron chi connectivity index (χ3n) is 5.96. The first kappa shape index (κ1) is 23.6. The Kier molecular flexibility index (Phi) is 8.74. The van der Waals surface area contributed by atoms with Crippen molar-refractivity contribution in [3.05, 3.63) is 54.0 Å². The van der Waals surface area contributed by atoms with E-state index in [-0.39, 0.29) is 29.8 Å². The molecule has 6 nitrogen and oxygen atoms in total. The zero-order chi connectivity index (χ0) is 20.8. The third kappa shape index (κ3) is 6.44. The van der Waals surface area contributed by atoms with E-state index < -0.39 is 0 Å². The summed E-state index contributed by atoms with van der Waals surface area (Å²) in [7, 11) is 0. The fraction of sp³-hybridized carbons (Fsp3) is 0.478. The fourth-order valence-corrected chi connectivity index (χ4v) is 4.12. The number of nitrogens with zero attached hydrogens (tertiary/aromatic N) is 5. The number of anilines is 2. The van der Waals surface area contributed by atoms with E-state index in [9.17, 15) is 4.39 Å². The second kappa shape index (κ2) is 11.5. The van der Waals surface area contributed by atoms with Crippen LogP contribution in [-0.2, 0) is 6.54 Å². The van der Waals surface area contributed by atoms with Crippen molar-refractivity contribution >= 4 is 41.4 Å². The minimum Gasteiger partial charge on any atom is -0.370 e. The highest BCUT2D eigenvalue weighted by Gasteiger charge is 2.18. The van der Waals surface area contributed by atoms with Gasteiger partial charge in [-0.1, -0.05) is 18.9 Å². The Balaban J connectivity index is 0.00000272. The number of piperazine rings is 1. The summed E-state index contributed by atoms with van der Waals surface area (Å²) in [5, 5.41) is 0. The van der Waals surface area contributed by atoms with Gasteiger partial charge in [0.2, 0.25) is 0 Å². The molecule has 2 saturated heterocycles. The molecular formula is C23H32FIN6. The highest BCUT2D eigenvalue weighted by atomic mass is 127. The normalized spacial score (nSPS) is 17.8. The average molecular weight is 538 g/mol. The topological polar surface area (TPSA) is 61.0 Å². The number of nitrogens with two attached hydrogens (primary N) is 1. The molecule has 0 spiro atoms. The van der Waals surface area contributed by atoms with Crippen molar-refractivity contribution < 1.29 is 4.39 Å². The maximum Gasteiger partial charge on any atom is 0.191 e. The van der Waals surface area contributed by atoms with E-state index in [2.05, 4.69) is 36.8 Å². The maximum atomic E-state index is 13.1. The minimum absolute atomic E-state index is 0. The first-order valence-corrected chi connectivity index (χ1v) is 10.9. The number of pyridine rings is 1. The van der Waals surface area contributed by atoms with Crippen molar-refractivity contribution in [3.63, 3.8) is 0 Å². The monoisotopic (exact) mass is 538 g/mol. The number of benzene rings is 1. The molecule has 2 aliphatic rings. The van der Waals surface area contributed by atoms with Crippen LogP contribution in [0.15, 0.2) is 47.6 Å². The van der Waals surface area contributed by atoms with Crippen LogP contribution in [0.4, 0.5) is 15.9 Å².